The van der Waals surface area contributed by atoms with Crippen LogP contribution in [0.2, 0.25) is 0 Å². The second-order valence-electron chi connectivity index (χ2n) is 6.56. The lowest BCUT2D eigenvalue weighted by Gasteiger charge is -2.08. The Balaban J connectivity index is 1.79. The average molecular weight is 345 g/mol. The number of benzene rings is 4. The van der Waals surface area contributed by atoms with Gasteiger partial charge in [-0.05, 0) is 41.0 Å². The SMILES string of the molecule is N#Cc1cc(-c2ccccc2)cc(-c2cccc3c2oc2ccccc23)c1. The number of hydrogen-bond acceptors (Lipinski definition) is 2. The molecule has 0 aliphatic heterocycles. The number of hydrogen-bond donors (Lipinski definition) is 0. The number of furan rings is 1. The molecule has 2 heteroatoms. The molecule has 2 nitrogen and oxygen atoms in total. The first-order valence-corrected chi connectivity index (χ1v) is 8.85. The van der Waals surface area contributed by atoms with Gasteiger partial charge < -0.3 is 4.42 Å². The number of fused-ring (bicyclic) bond motifs is 3. The third-order valence-electron chi connectivity index (χ3n) is 4.88. The van der Waals surface area contributed by atoms with Crippen LogP contribution in [0.1, 0.15) is 5.56 Å². The molecule has 0 saturated heterocycles. The number of para-hydroxylation sites is 2. The Kier molecular flexibility index (Phi) is 3.52. The van der Waals surface area contributed by atoms with Crippen LogP contribution in [-0.4, -0.2) is 0 Å². The van der Waals surface area contributed by atoms with Gasteiger partial charge in [-0.1, -0.05) is 66.7 Å². The van der Waals surface area contributed by atoms with Gasteiger partial charge in [0.25, 0.3) is 0 Å². The summed E-state index contributed by atoms with van der Waals surface area (Å²) in [5.74, 6) is 0. The predicted octanol–water partition coefficient (Wildman–Crippen LogP) is 6.79. The lowest BCUT2D eigenvalue weighted by atomic mass is 9.95. The van der Waals surface area contributed by atoms with Gasteiger partial charge in [-0.3, -0.25) is 0 Å². The molecule has 0 N–H and O–H groups in total. The molecule has 126 valence electrons. The van der Waals surface area contributed by atoms with Crippen LogP contribution in [0.3, 0.4) is 0 Å². The molecule has 0 bridgehead atoms. The summed E-state index contributed by atoms with van der Waals surface area (Å²) in [5.41, 5.74) is 6.47. The van der Waals surface area contributed by atoms with Gasteiger partial charge >= 0.3 is 0 Å². The normalized spacial score (nSPS) is 10.9. The topological polar surface area (TPSA) is 36.9 Å². The quantitative estimate of drug-likeness (QED) is 0.353. The highest BCUT2D eigenvalue weighted by Crippen LogP contribution is 2.37. The minimum atomic E-state index is 0.638. The fourth-order valence-electron chi connectivity index (χ4n) is 3.62. The Morgan fingerprint density at radius 1 is 0.630 bits per heavy atom. The van der Waals surface area contributed by atoms with Gasteiger partial charge in [0.15, 0.2) is 0 Å². The monoisotopic (exact) mass is 345 g/mol. The van der Waals surface area contributed by atoms with Crippen LogP contribution >= 0.6 is 0 Å². The molecule has 5 rings (SSSR count). The minimum absolute atomic E-state index is 0.638. The molecule has 0 fully saturated rings. The van der Waals surface area contributed by atoms with Crippen LogP contribution in [-0.2, 0) is 0 Å². The molecular formula is C25H15NO. The zero-order valence-electron chi connectivity index (χ0n) is 14.5. The summed E-state index contributed by atoms with van der Waals surface area (Å²) in [7, 11) is 0. The molecule has 0 aliphatic rings. The molecule has 0 atom stereocenters. The van der Waals surface area contributed by atoms with Crippen LogP contribution in [0.25, 0.3) is 44.2 Å². The smallest absolute Gasteiger partial charge is 0.143 e. The van der Waals surface area contributed by atoms with Crippen molar-refractivity contribution < 1.29 is 4.42 Å². The van der Waals surface area contributed by atoms with Gasteiger partial charge in [-0.25, -0.2) is 0 Å². The van der Waals surface area contributed by atoms with E-state index in [0.717, 1.165) is 44.2 Å². The van der Waals surface area contributed by atoms with Crippen molar-refractivity contribution in [3.63, 3.8) is 0 Å². The van der Waals surface area contributed by atoms with E-state index in [1.807, 2.05) is 54.6 Å². The van der Waals surface area contributed by atoms with Crippen molar-refractivity contribution in [1.29, 1.82) is 5.26 Å². The highest BCUT2D eigenvalue weighted by atomic mass is 16.3. The Morgan fingerprint density at radius 3 is 2.22 bits per heavy atom. The largest absolute Gasteiger partial charge is 0.455 e. The van der Waals surface area contributed by atoms with E-state index in [9.17, 15) is 5.26 Å². The summed E-state index contributed by atoms with van der Waals surface area (Å²) in [6.07, 6.45) is 0. The summed E-state index contributed by atoms with van der Waals surface area (Å²) < 4.78 is 6.17. The molecule has 0 aliphatic carbocycles. The maximum Gasteiger partial charge on any atom is 0.143 e. The van der Waals surface area contributed by atoms with Crippen molar-refractivity contribution in [3.05, 3.63) is 96.6 Å². The fraction of sp³-hybridized carbons (Fsp3) is 0. The molecular weight excluding hydrogens is 330 g/mol. The van der Waals surface area contributed by atoms with E-state index in [-0.39, 0.29) is 0 Å². The van der Waals surface area contributed by atoms with Crippen molar-refractivity contribution in [3.8, 4) is 28.3 Å². The number of nitriles is 1. The molecule has 0 unspecified atom stereocenters. The van der Waals surface area contributed by atoms with Gasteiger partial charge in [0.1, 0.15) is 11.2 Å². The molecule has 5 aromatic rings. The zero-order chi connectivity index (χ0) is 18.2. The Bertz CT molecular complexity index is 1320. The molecule has 27 heavy (non-hydrogen) atoms. The van der Waals surface area contributed by atoms with Crippen molar-refractivity contribution in [2.75, 3.05) is 0 Å². The molecule has 4 aromatic carbocycles. The highest BCUT2D eigenvalue weighted by Gasteiger charge is 2.13. The van der Waals surface area contributed by atoms with E-state index < -0.39 is 0 Å². The van der Waals surface area contributed by atoms with E-state index >= 15 is 0 Å². The van der Waals surface area contributed by atoms with Gasteiger partial charge in [0.2, 0.25) is 0 Å². The van der Waals surface area contributed by atoms with Crippen LogP contribution in [0, 0.1) is 11.3 Å². The van der Waals surface area contributed by atoms with E-state index in [1.165, 1.54) is 0 Å². The number of nitrogens with zero attached hydrogens (tertiary/aromatic N) is 1. The predicted molar refractivity (Wildman–Crippen MR) is 109 cm³/mol. The van der Waals surface area contributed by atoms with Crippen LogP contribution in [0.5, 0.6) is 0 Å². The molecule has 1 heterocycles. The van der Waals surface area contributed by atoms with Gasteiger partial charge in [0, 0.05) is 16.3 Å². The molecule has 0 spiro atoms. The Labute approximate surface area is 156 Å². The standard InChI is InChI=1S/C25H15NO/c26-16-17-13-19(18-7-2-1-3-8-18)15-20(14-17)21-10-6-11-23-22-9-4-5-12-24(22)27-25(21)23/h1-15H. The molecule has 1 aromatic heterocycles. The highest BCUT2D eigenvalue weighted by molar-refractivity contribution is 6.09. The lowest BCUT2D eigenvalue weighted by molar-refractivity contribution is 0.670. The second kappa shape index (κ2) is 6.16. The molecule has 0 radical (unpaired) electrons. The van der Waals surface area contributed by atoms with E-state index in [1.54, 1.807) is 0 Å². The van der Waals surface area contributed by atoms with E-state index in [2.05, 4.69) is 42.5 Å². The van der Waals surface area contributed by atoms with Crippen molar-refractivity contribution in [2.24, 2.45) is 0 Å². The Hall–Kier alpha value is -3.83. The van der Waals surface area contributed by atoms with Crippen molar-refractivity contribution in [2.45, 2.75) is 0 Å². The number of rotatable bonds is 2. The third-order valence-corrected chi connectivity index (χ3v) is 4.88. The summed E-state index contributed by atoms with van der Waals surface area (Å²) in [6, 6.07) is 32.6. The van der Waals surface area contributed by atoms with Crippen molar-refractivity contribution in [1.82, 2.24) is 0 Å². The lowest BCUT2D eigenvalue weighted by Crippen LogP contribution is -1.85. The first kappa shape index (κ1) is 15.4. The van der Waals surface area contributed by atoms with E-state index in [0.29, 0.717) is 5.56 Å². The zero-order valence-corrected chi connectivity index (χ0v) is 14.5. The van der Waals surface area contributed by atoms with Crippen LogP contribution in [0.4, 0.5) is 0 Å². The van der Waals surface area contributed by atoms with E-state index in [4.69, 9.17) is 4.42 Å². The van der Waals surface area contributed by atoms with Crippen molar-refractivity contribution >= 4 is 21.9 Å². The van der Waals surface area contributed by atoms with Gasteiger partial charge in [-0.15, -0.1) is 0 Å². The average Bonchev–Trinajstić information content (AvgIpc) is 3.13. The molecule has 0 saturated carbocycles. The Morgan fingerprint density at radius 2 is 1.37 bits per heavy atom. The fourth-order valence-corrected chi connectivity index (χ4v) is 3.62. The third kappa shape index (κ3) is 2.58. The summed E-state index contributed by atoms with van der Waals surface area (Å²) >= 11 is 0. The summed E-state index contributed by atoms with van der Waals surface area (Å²) in [5, 5.41) is 11.7. The first-order chi connectivity index (χ1) is 13.3. The first-order valence-electron chi connectivity index (χ1n) is 8.85. The van der Waals surface area contributed by atoms with Gasteiger partial charge in [-0.2, -0.15) is 5.26 Å². The van der Waals surface area contributed by atoms with Gasteiger partial charge in [0.05, 0.1) is 11.6 Å². The van der Waals surface area contributed by atoms with Crippen LogP contribution < -0.4 is 0 Å². The second-order valence-corrected chi connectivity index (χ2v) is 6.56. The minimum Gasteiger partial charge on any atom is -0.455 e. The molecule has 0 amide bonds. The maximum atomic E-state index is 9.53. The maximum absolute atomic E-state index is 9.53. The summed E-state index contributed by atoms with van der Waals surface area (Å²) in [6.45, 7) is 0. The van der Waals surface area contributed by atoms with Crippen LogP contribution in [0.15, 0.2) is 95.4 Å². The summed E-state index contributed by atoms with van der Waals surface area (Å²) in [4.78, 5) is 0.